The Morgan fingerprint density at radius 2 is 1.91 bits per heavy atom. The van der Waals surface area contributed by atoms with E-state index < -0.39 is 0 Å². The minimum absolute atomic E-state index is 0.0628. The highest BCUT2D eigenvalue weighted by Gasteiger charge is 2.28. The molecule has 23 heavy (non-hydrogen) atoms. The third kappa shape index (κ3) is 4.06. The quantitative estimate of drug-likeness (QED) is 0.877. The highest BCUT2D eigenvalue weighted by atomic mass is 32.2. The van der Waals surface area contributed by atoms with Crippen molar-refractivity contribution in [2.24, 2.45) is 0 Å². The Morgan fingerprint density at radius 3 is 2.52 bits per heavy atom. The van der Waals surface area contributed by atoms with Crippen LogP contribution < -0.4 is 10.6 Å². The van der Waals surface area contributed by atoms with E-state index in [2.05, 4.69) is 10.6 Å². The molecule has 2 N–H and O–H groups in total. The van der Waals surface area contributed by atoms with E-state index in [1.54, 1.807) is 11.8 Å². The van der Waals surface area contributed by atoms with Gasteiger partial charge in [0.05, 0.1) is 6.04 Å². The molecule has 2 fully saturated rings. The zero-order chi connectivity index (χ0) is 16.2. The fraction of sp³-hybridized carbons (Fsp3) is 0.529. The molecule has 124 valence electrons. The number of rotatable bonds is 3. The Hall–Kier alpha value is -1.53. The molecule has 1 atom stereocenters. The average molecular weight is 333 g/mol. The Morgan fingerprint density at radius 1 is 1.22 bits per heavy atom. The summed E-state index contributed by atoms with van der Waals surface area (Å²) in [5.74, 6) is 1.87. The lowest BCUT2D eigenvalue weighted by molar-refractivity contribution is -0.123. The summed E-state index contributed by atoms with van der Waals surface area (Å²) in [6.45, 7) is 3.41. The van der Waals surface area contributed by atoms with Crippen molar-refractivity contribution >= 4 is 23.6 Å². The topological polar surface area (TPSA) is 61.4 Å². The van der Waals surface area contributed by atoms with Gasteiger partial charge in [0.1, 0.15) is 0 Å². The van der Waals surface area contributed by atoms with E-state index in [1.807, 2.05) is 36.1 Å². The average Bonchev–Trinajstić information content (AvgIpc) is 3.10. The lowest BCUT2D eigenvalue weighted by Crippen LogP contribution is -2.51. The van der Waals surface area contributed by atoms with E-state index in [9.17, 15) is 9.59 Å². The minimum Gasteiger partial charge on any atom is -0.352 e. The van der Waals surface area contributed by atoms with Crippen LogP contribution in [0.1, 0.15) is 28.8 Å². The van der Waals surface area contributed by atoms with E-state index in [0.717, 1.165) is 35.6 Å². The fourth-order valence-electron chi connectivity index (χ4n) is 2.97. The van der Waals surface area contributed by atoms with E-state index >= 15 is 0 Å². The summed E-state index contributed by atoms with van der Waals surface area (Å²) in [5.41, 5.74) is 1.90. The number of carbonyl (C=O) groups excluding carboxylic acids is 2. The maximum Gasteiger partial charge on any atom is 0.253 e. The van der Waals surface area contributed by atoms with Crippen LogP contribution in [0, 0.1) is 6.92 Å². The normalized spacial score (nSPS) is 22.1. The summed E-state index contributed by atoms with van der Waals surface area (Å²) in [4.78, 5) is 26.5. The number of thioether (sulfide) groups is 1. The number of nitrogens with zero attached hydrogens (tertiary/aromatic N) is 1. The Kier molecular flexibility index (Phi) is 5.23. The molecule has 0 spiro atoms. The summed E-state index contributed by atoms with van der Waals surface area (Å²) in [6.07, 6.45) is 1.65. The van der Waals surface area contributed by atoms with Crippen molar-refractivity contribution in [3.05, 3.63) is 35.4 Å². The molecule has 2 amide bonds. The van der Waals surface area contributed by atoms with Crippen molar-refractivity contribution in [3.63, 3.8) is 0 Å². The first kappa shape index (κ1) is 16.3. The van der Waals surface area contributed by atoms with E-state index in [-0.39, 0.29) is 23.9 Å². The first-order valence-corrected chi connectivity index (χ1v) is 9.26. The molecule has 1 unspecified atom stereocenters. The number of likely N-dealkylation sites (tertiary alicyclic amines) is 1. The van der Waals surface area contributed by atoms with Crippen molar-refractivity contribution in [1.29, 1.82) is 0 Å². The Bertz CT molecular complexity index is 562. The van der Waals surface area contributed by atoms with Gasteiger partial charge in [-0.1, -0.05) is 17.7 Å². The van der Waals surface area contributed by atoms with Crippen LogP contribution in [0.2, 0.25) is 0 Å². The molecule has 0 aromatic heterocycles. The lowest BCUT2D eigenvalue weighted by atomic mass is 10.0. The van der Waals surface area contributed by atoms with Gasteiger partial charge in [-0.2, -0.15) is 0 Å². The van der Waals surface area contributed by atoms with E-state index in [1.165, 1.54) is 0 Å². The van der Waals surface area contributed by atoms with Gasteiger partial charge in [-0.15, -0.1) is 11.8 Å². The van der Waals surface area contributed by atoms with Gasteiger partial charge in [0.25, 0.3) is 5.91 Å². The van der Waals surface area contributed by atoms with Gasteiger partial charge in [-0.25, -0.2) is 0 Å². The summed E-state index contributed by atoms with van der Waals surface area (Å²) in [5, 5.41) is 6.30. The predicted molar refractivity (Wildman–Crippen MR) is 92.5 cm³/mol. The number of nitrogens with one attached hydrogen (secondary N) is 2. The Labute approximate surface area is 141 Å². The first-order valence-electron chi connectivity index (χ1n) is 8.11. The predicted octanol–water partition coefficient (Wildman–Crippen LogP) is 1.38. The number of carbonyl (C=O) groups is 2. The SMILES string of the molecule is Cc1ccc(C(=O)N2CCC(NC(=O)C3CSCN3)CC2)cc1. The van der Waals surface area contributed by atoms with Crippen LogP contribution >= 0.6 is 11.8 Å². The second kappa shape index (κ2) is 7.36. The van der Waals surface area contributed by atoms with Crippen LogP contribution in [0.15, 0.2) is 24.3 Å². The standard InChI is InChI=1S/C17H23N3O2S/c1-12-2-4-13(5-3-12)17(22)20-8-6-14(7-9-20)19-16(21)15-10-23-11-18-15/h2-5,14-15,18H,6-11H2,1H3,(H,19,21). The van der Waals surface area contributed by atoms with Gasteiger partial charge in [0.15, 0.2) is 0 Å². The van der Waals surface area contributed by atoms with Gasteiger partial charge in [0.2, 0.25) is 5.91 Å². The zero-order valence-corrected chi connectivity index (χ0v) is 14.2. The molecule has 5 nitrogen and oxygen atoms in total. The molecule has 1 aromatic rings. The fourth-order valence-corrected chi connectivity index (χ4v) is 3.91. The minimum atomic E-state index is -0.0628. The second-order valence-corrected chi connectivity index (χ2v) is 7.24. The summed E-state index contributed by atoms with van der Waals surface area (Å²) in [7, 11) is 0. The number of hydrogen-bond acceptors (Lipinski definition) is 4. The first-order chi connectivity index (χ1) is 11.1. The van der Waals surface area contributed by atoms with Gasteiger partial charge in [-0.05, 0) is 31.9 Å². The van der Waals surface area contributed by atoms with Crippen LogP contribution in [0.3, 0.4) is 0 Å². The number of aryl methyl sites for hydroxylation is 1. The summed E-state index contributed by atoms with van der Waals surface area (Å²) < 4.78 is 0. The van der Waals surface area contributed by atoms with Crippen LogP contribution in [-0.2, 0) is 4.79 Å². The smallest absolute Gasteiger partial charge is 0.253 e. The lowest BCUT2D eigenvalue weighted by Gasteiger charge is -2.33. The molecule has 0 aliphatic carbocycles. The van der Waals surface area contributed by atoms with Crippen molar-refractivity contribution < 1.29 is 9.59 Å². The van der Waals surface area contributed by atoms with Gasteiger partial charge in [-0.3, -0.25) is 14.9 Å². The molecule has 0 radical (unpaired) electrons. The molecule has 6 heteroatoms. The van der Waals surface area contributed by atoms with Crippen LogP contribution in [0.4, 0.5) is 0 Å². The number of benzene rings is 1. The summed E-state index contributed by atoms with van der Waals surface area (Å²) >= 11 is 1.75. The molecule has 1 aromatic carbocycles. The van der Waals surface area contributed by atoms with Crippen molar-refractivity contribution in [2.75, 3.05) is 24.7 Å². The maximum absolute atomic E-state index is 12.5. The molecule has 0 bridgehead atoms. The molecule has 2 heterocycles. The van der Waals surface area contributed by atoms with Crippen LogP contribution in [0.5, 0.6) is 0 Å². The number of amides is 2. The monoisotopic (exact) mass is 333 g/mol. The maximum atomic E-state index is 12.5. The van der Waals surface area contributed by atoms with Crippen molar-refractivity contribution in [3.8, 4) is 0 Å². The number of piperidine rings is 1. The number of hydrogen-bond donors (Lipinski definition) is 2. The van der Waals surface area contributed by atoms with E-state index in [0.29, 0.717) is 13.1 Å². The molecular formula is C17H23N3O2S. The molecule has 2 saturated heterocycles. The molecule has 0 saturated carbocycles. The zero-order valence-electron chi connectivity index (χ0n) is 13.4. The van der Waals surface area contributed by atoms with Crippen molar-refractivity contribution in [1.82, 2.24) is 15.5 Å². The van der Waals surface area contributed by atoms with Gasteiger partial charge in [0, 0.05) is 36.3 Å². The molecular weight excluding hydrogens is 310 g/mol. The third-order valence-electron chi connectivity index (χ3n) is 4.46. The summed E-state index contributed by atoms with van der Waals surface area (Å²) in [6, 6.07) is 7.81. The second-order valence-electron chi connectivity index (χ2n) is 6.21. The van der Waals surface area contributed by atoms with Crippen molar-refractivity contribution in [2.45, 2.75) is 31.8 Å². The largest absolute Gasteiger partial charge is 0.352 e. The van der Waals surface area contributed by atoms with Crippen LogP contribution in [-0.4, -0.2) is 53.5 Å². The molecule has 3 rings (SSSR count). The third-order valence-corrected chi connectivity index (χ3v) is 5.40. The highest BCUT2D eigenvalue weighted by molar-refractivity contribution is 7.99. The molecule has 2 aliphatic heterocycles. The van der Waals surface area contributed by atoms with E-state index in [4.69, 9.17) is 0 Å². The van der Waals surface area contributed by atoms with Gasteiger partial charge < -0.3 is 10.2 Å². The van der Waals surface area contributed by atoms with Gasteiger partial charge >= 0.3 is 0 Å². The highest BCUT2D eigenvalue weighted by Crippen LogP contribution is 2.16. The molecule has 2 aliphatic rings. The van der Waals surface area contributed by atoms with Crippen LogP contribution in [0.25, 0.3) is 0 Å². The Balaban J connectivity index is 1.49.